The molecule has 0 bridgehead atoms. The van der Waals surface area contributed by atoms with Crippen molar-refractivity contribution in [1.82, 2.24) is 10.6 Å². The van der Waals surface area contributed by atoms with E-state index in [0.717, 1.165) is 11.3 Å². The number of carbonyl (C=O) groups is 2. The van der Waals surface area contributed by atoms with Crippen molar-refractivity contribution in [2.45, 2.75) is 38.5 Å². The summed E-state index contributed by atoms with van der Waals surface area (Å²) in [6.07, 6.45) is 0.133. The molecule has 1 saturated heterocycles. The third-order valence-corrected chi connectivity index (χ3v) is 5.18. The second kappa shape index (κ2) is 8.01. The first-order chi connectivity index (χ1) is 11.0. The summed E-state index contributed by atoms with van der Waals surface area (Å²) in [6.45, 7) is 5.62. The predicted octanol–water partition coefficient (Wildman–Crippen LogP) is 1.91. The lowest BCUT2D eigenvalue weighted by Crippen LogP contribution is -2.33. The number of nitrogens with zero attached hydrogens (tertiary/aromatic N) is 2. The van der Waals surface area contributed by atoms with Crippen LogP contribution in [0.15, 0.2) is 39.9 Å². The SMILES string of the molecule is CC(C)=N/N=S1\CNC(=O)C1CC(=O)NC(C)c1ccccc1. The van der Waals surface area contributed by atoms with E-state index < -0.39 is 15.9 Å². The first kappa shape index (κ1) is 17.3. The highest BCUT2D eigenvalue weighted by molar-refractivity contribution is 7.89. The molecule has 0 radical (unpaired) electrons. The lowest BCUT2D eigenvalue weighted by molar-refractivity contribution is -0.125. The first-order valence-electron chi connectivity index (χ1n) is 7.51. The van der Waals surface area contributed by atoms with Crippen LogP contribution in [0.5, 0.6) is 0 Å². The molecule has 1 aliphatic heterocycles. The molecular formula is C16H22N4O2S. The smallest absolute Gasteiger partial charge is 0.235 e. The topological polar surface area (TPSA) is 82.9 Å². The molecule has 0 aromatic heterocycles. The highest BCUT2D eigenvalue weighted by atomic mass is 32.2. The standard InChI is InChI=1S/C16H22N4O2S/c1-11(2)19-20-23-10-17-16(22)14(23)9-15(21)18-12(3)13-7-5-4-6-8-13/h4-8,12,14H,9-10H2,1-3H3,(H,17,22)(H,18,21). The summed E-state index contributed by atoms with van der Waals surface area (Å²) >= 11 is 0. The van der Waals surface area contributed by atoms with Crippen LogP contribution in [-0.2, 0) is 20.3 Å². The first-order valence-corrected chi connectivity index (χ1v) is 8.92. The van der Waals surface area contributed by atoms with E-state index in [0.29, 0.717) is 5.88 Å². The van der Waals surface area contributed by atoms with Crippen molar-refractivity contribution >= 4 is 28.2 Å². The number of hydrogen-bond donors (Lipinski definition) is 2. The van der Waals surface area contributed by atoms with E-state index in [1.807, 2.05) is 51.1 Å². The number of carbonyl (C=O) groups excluding carboxylic acids is 2. The summed E-state index contributed by atoms with van der Waals surface area (Å²) in [5, 5.41) is 9.31. The Morgan fingerprint density at radius 2 is 2.09 bits per heavy atom. The Morgan fingerprint density at radius 3 is 2.74 bits per heavy atom. The fourth-order valence-corrected chi connectivity index (χ4v) is 3.79. The summed E-state index contributed by atoms with van der Waals surface area (Å²) in [6, 6.07) is 9.64. The summed E-state index contributed by atoms with van der Waals surface area (Å²) in [5.74, 6) is 0.193. The van der Waals surface area contributed by atoms with Crippen LogP contribution in [0, 0.1) is 0 Å². The molecule has 2 rings (SSSR count). The van der Waals surface area contributed by atoms with Crippen LogP contribution >= 0.6 is 0 Å². The zero-order chi connectivity index (χ0) is 16.8. The minimum absolute atomic E-state index is 0.0946. The van der Waals surface area contributed by atoms with Gasteiger partial charge in [0.2, 0.25) is 11.8 Å². The zero-order valence-corrected chi connectivity index (χ0v) is 14.4. The monoisotopic (exact) mass is 334 g/mol. The number of benzene rings is 1. The van der Waals surface area contributed by atoms with Gasteiger partial charge in [-0.2, -0.15) is 5.10 Å². The maximum absolute atomic E-state index is 12.2. The number of rotatable bonds is 5. The van der Waals surface area contributed by atoms with E-state index in [4.69, 9.17) is 0 Å². The van der Waals surface area contributed by atoms with E-state index in [-0.39, 0.29) is 24.3 Å². The molecule has 3 atom stereocenters. The zero-order valence-electron chi connectivity index (χ0n) is 13.6. The van der Waals surface area contributed by atoms with Crippen molar-refractivity contribution in [3.05, 3.63) is 35.9 Å². The predicted molar refractivity (Wildman–Crippen MR) is 93.0 cm³/mol. The largest absolute Gasteiger partial charge is 0.350 e. The molecule has 6 nitrogen and oxygen atoms in total. The minimum atomic E-state index is -0.580. The van der Waals surface area contributed by atoms with Crippen molar-refractivity contribution in [1.29, 1.82) is 0 Å². The van der Waals surface area contributed by atoms with Gasteiger partial charge in [-0.15, -0.1) is 4.47 Å². The second-order valence-electron chi connectivity index (χ2n) is 5.61. The summed E-state index contributed by atoms with van der Waals surface area (Å²) < 4.78 is 4.20. The lowest BCUT2D eigenvalue weighted by Gasteiger charge is -2.15. The van der Waals surface area contributed by atoms with Gasteiger partial charge in [0.05, 0.1) is 11.9 Å². The fourth-order valence-electron chi connectivity index (χ4n) is 2.19. The molecule has 7 heteroatoms. The third kappa shape index (κ3) is 4.99. The van der Waals surface area contributed by atoms with Crippen LogP contribution in [0.2, 0.25) is 0 Å². The molecule has 0 aliphatic carbocycles. The fraction of sp³-hybridized carbons (Fsp3) is 0.438. The third-order valence-electron chi connectivity index (χ3n) is 3.41. The van der Waals surface area contributed by atoms with Crippen LogP contribution in [0.4, 0.5) is 0 Å². The molecule has 0 saturated carbocycles. The molecule has 2 N–H and O–H groups in total. The van der Waals surface area contributed by atoms with Gasteiger partial charge in [-0.1, -0.05) is 30.3 Å². The van der Waals surface area contributed by atoms with Crippen molar-refractivity contribution < 1.29 is 9.59 Å². The van der Waals surface area contributed by atoms with Gasteiger partial charge < -0.3 is 10.6 Å². The van der Waals surface area contributed by atoms with Crippen molar-refractivity contribution in [3.63, 3.8) is 0 Å². The van der Waals surface area contributed by atoms with Gasteiger partial charge in [0.15, 0.2) is 0 Å². The van der Waals surface area contributed by atoms with Crippen LogP contribution < -0.4 is 10.6 Å². The Kier molecular flexibility index (Phi) is 6.04. The van der Waals surface area contributed by atoms with Gasteiger partial charge in [0.25, 0.3) is 0 Å². The Bertz CT molecular complexity index is 639. The van der Waals surface area contributed by atoms with Gasteiger partial charge >= 0.3 is 0 Å². The van der Waals surface area contributed by atoms with Gasteiger partial charge in [0, 0.05) is 12.1 Å². The molecule has 1 fully saturated rings. The molecule has 1 aromatic rings. The summed E-state index contributed by atoms with van der Waals surface area (Å²) in [4.78, 5) is 24.2. The van der Waals surface area contributed by atoms with Crippen molar-refractivity contribution in [2.75, 3.05) is 5.88 Å². The molecule has 2 amide bonds. The van der Waals surface area contributed by atoms with E-state index >= 15 is 0 Å². The van der Waals surface area contributed by atoms with Crippen LogP contribution in [-0.4, -0.2) is 28.7 Å². The molecule has 1 aromatic carbocycles. The molecule has 0 spiro atoms. The van der Waals surface area contributed by atoms with Crippen LogP contribution in [0.25, 0.3) is 0 Å². The average molecular weight is 334 g/mol. The Balaban J connectivity index is 1.99. The van der Waals surface area contributed by atoms with Gasteiger partial charge in [-0.3, -0.25) is 9.59 Å². The van der Waals surface area contributed by atoms with Crippen molar-refractivity contribution in [3.8, 4) is 0 Å². The van der Waals surface area contributed by atoms with Crippen LogP contribution in [0.1, 0.15) is 38.8 Å². The maximum Gasteiger partial charge on any atom is 0.235 e. The Labute approximate surface area is 138 Å². The number of hydrogen-bond acceptors (Lipinski definition) is 3. The molecule has 23 heavy (non-hydrogen) atoms. The maximum atomic E-state index is 12.2. The summed E-state index contributed by atoms with van der Waals surface area (Å²) in [7, 11) is -0.580. The normalized spacial score (nSPS) is 21.6. The molecule has 124 valence electrons. The lowest BCUT2D eigenvalue weighted by atomic mass is 10.1. The molecule has 1 aliphatic rings. The van der Waals surface area contributed by atoms with E-state index in [2.05, 4.69) is 20.2 Å². The summed E-state index contributed by atoms with van der Waals surface area (Å²) in [5.41, 5.74) is 1.87. The highest BCUT2D eigenvalue weighted by Gasteiger charge is 2.32. The highest BCUT2D eigenvalue weighted by Crippen LogP contribution is 2.15. The molecule has 3 unspecified atom stereocenters. The van der Waals surface area contributed by atoms with E-state index in [9.17, 15) is 9.59 Å². The van der Waals surface area contributed by atoms with Gasteiger partial charge in [-0.25, -0.2) is 0 Å². The number of nitrogens with one attached hydrogen (secondary N) is 2. The van der Waals surface area contributed by atoms with Gasteiger partial charge in [0.1, 0.15) is 5.25 Å². The van der Waals surface area contributed by atoms with Gasteiger partial charge in [-0.05, 0) is 37.0 Å². The second-order valence-corrected chi connectivity index (χ2v) is 7.43. The average Bonchev–Trinajstić information content (AvgIpc) is 2.86. The van der Waals surface area contributed by atoms with Crippen molar-refractivity contribution in [2.24, 2.45) is 9.57 Å². The van der Waals surface area contributed by atoms with Crippen LogP contribution in [0.3, 0.4) is 0 Å². The Hall–Kier alpha value is -2.02. The van der Waals surface area contributed by atoms with E-state index in [1.165, 1.54) is 0 Å². The van der Waals surface area contributed by atoms with E-state index in [1.54, 1.807) is 0 Å². The Morgan fingerprint density at radius 1 is 1.39 bits per heavy atom. The number of amides is 2. The molecule has 1 heterocycles. The quantitative estimate of drug-likeness (QED) is 0.637. The minimum Gasteiger partial charge on any atom is -0.350 e. The molecular weight excluding hydrogens is 312 g/mol.